The first-order valence-electron chi connectivity index (χ1n) is 5.18. The number of hydrogen-bond donors (Lipinski definition) is 3. The molecule has 1 heterocycles. The van der Waals surface area contributed by atoms with E-state index < -0.39 is 15.4 Å². The summed E-state index contributed by atoms with van der Waals surface area (Å²) >= 11 is 10.1. The number of hydrogen-bond acceptors (Lipinski definition) is 4. The average molecular weight is 307 g/mol. The molecule has 0 bridgehead atoms. The molecule has 1 unspecified atom stereocenters. The standard InChI is InChI=1S/C10H11ClN2O3S2/c1-2-7(18(14,15)16)8-5(11)3-4-6-9(8)13-10(17)12-6/h3-4,7H,2H2,1H3,(H2,12,13,17)(H,14,15,16). The molecule has 1 atom stereocenters. The molecule has 1 aromatic heterocycles. The Bertz CT molecular complexity index is 696. The van der Waals surface area contributed by atoms with Crippen LogP contribution in [0.2, 0.25) is 5.02 Å². The summed E-state index contributed by atoms with van der Waals surface area (Å²) < 4.78 is 32.1. The molecule has 0 aliphatic carbocycles. The van der Waals surface area contributed by atoms with E-state index in [1.54, 1.807) is 19.1 Å². The number of imidazole rings is 1. The fourth-order valence-corrected chi connectivity index (χ4v) is 3.48. The number of fused-ring (bicyclic) bond motifs is 1. The van der Waals surface area contributed by atoms with Gasteiger partial charge in [0.1, 0.15) is 5.25 Å². The second kappa shape index (κ2) is 4.73. The number of halogens is 1. The van der Waals surface area contributed by atoms with Gasteiger partial charge in [-0.3, -0.25) is 4.55 Å². The molecule has 0 fully saturated rings. The minimum absolute atomic E-state index is 0.207. The maximum absolute atomic E-state index is 11.4. The summed E-state index contributed by atoms with van der Waals surface area (Å²) in [5.41, 5.74) is 1.37. The summed E-state index contributed by atoms with van der Waals surface area (Å²) in [6.45, 7) is 1.66. The Hall–Kier alpha value is -0.760. The van der Waals surface area contributed by atoms with E-state index in [1.807, 2.05) is 0 Å². The van der Waals surface area contributed by atoms with Crippen LogP contribution in [-0.2, 0) is 10.1 Å². The van der Waals surface area contributed by atoms with Crippen molar-refractivity contribution in [2.75, 3.05) is 0 Å². The van der Waals surface area contributed by atoms with Gasteiger partial charge in [0.15, 0.2) is 5.16 Å². The third-order valence-electron chi connectivity index (χ3n) is 2.69. The van der Waals surface area contributed by atoms with Gasteiger partial charge in [-0.05, 0) is 18.6 Å². The van der Waals surface area contributed by atoms with Gasteiger partial charge in [-0.25, -0.2) is 4.98 Å². The van der Waals surface area contributed by atoms with Gasteiger partial charge in [0.2, 0.25) is 0 Å². The molecule has 0 aliphatic heterocycles. The van der Waals surface area contributed by atoms with Crippen molar-refractivity contribution in [2.24, 2.45) is 0 Å². The predicted octanol–water partition coefficient (Wildman–Crippen LogP) is 2.84. The molecule has 2 rings (SSSR count). The second-order valence-electron chi connectivity index (χ2n) is 3.83. The van der Waals surface area contributed by atoms with Crippen molar-refractivity contribution in [2.45, 2.75) is 23.8 Å². The summed E-state index contributed by atoms with van der Waals surface area (Å²) in [5, 5.41) is -0.454. The zero-order valence-corrected chi connectivity index (χ0v) is 11.9. The van der Waals surface area contributed by atoms with Gasteiger partial charge in [0, 0.05) is 10.6 Å². The number of nitrogens with one attached hydrogen (secondary N) is 1. The first kappa shape index (κ1) is 13.7. The third-order valence-corrected chi connectivity index (χ3v) is 4.52. The molecule has 18 heavy (non-hydrogen) atoms. The highest BCUT2D eigenvalue weighted by Crippen LogP contribution is 2.36. The lowest BCUT2D eigenvalue weighted by Crippen LogP contribution is -2.12. The number of thiol groups is 1. The van der Waals surface area contributed by atoms with Crippen LogP contribution in [0.3, 0.4) is 0 Å². The second-order valence-corrected chi connectivity index (χ2v) is 6.26. The van der Waals surface area contributed by atoms with Crippen molar-refractivity contribution in [1.82, 2.24) is 9.97 Å². The van der Waals surface area contributed by atoms with Crippen molar-refractivity contribution in [1.29, 1.82) is 0 Å². The van der Waals surface area contributed by atoms with Crippen LogP contribution < -0.4 is 0 Å². The molecule has 0 saturated heterocycles. The molecule has 2 N–H and O–H groups in total. The highest BCUT2D eigenvalue weighted by molar-refractivity contribution is 7.86. The summed E-state index contributed by atoms with van der Waals surface area (Å²) in [5.74, 6) is 0. The van der Waals surface area contributed by atoms with E-state index in [2.05, 4.69) is 22.6 Å². The van der Waals surface area contributed by atoms with Gasteiger partial charge in [-0.2, -0.15) is 8.42 Å². The maximum atomic E-state index is 11.4. The average Bonchev–Trinajstić information content (AvgIpc) is 2.61. The number of nitrogens with zero attached hydrogens (tertiary/aromatic N) is 1. The molecule has 0 spiro atoms. The van der Waals surface area contributed by atoms with E-state index in [0.717, 1.165) is 0 Å². The van der Waals surface area contributed by atoms with Crippen molar-refractivity contribution in [3.63, 3.8) is 0 Å². The van der Waals surface area contributed by atoms with E-state index in [0.29, 0.717) is 21.8 Å². The third kappa shape index (κ3) is 2.35. The van der Waals surface area contributed by atoms with Gasteiger partial charge in [0.25, 0.3) is 10.1 Å². The van der Waals surface area contributed by atoms with Gasteiger partial charge in [-0.1, -0.05) is 18.5 Å². The largest absolute Gasteiger partial charge is 0.333 e. The molecular formula is C10H11ClN2O3S2. The molecule has 98 valence electrons. The predicted molar refractivity (Wildman–Crippen MR) is 72.9 cm³/mol. The number of aromatic nitrogens is 2. The Kier molecular flexibility index (Phi) is 3.59. The Morgan fingerprint density at radius 2 is 2.22 bits per heavy atom. The smallest absolute Gasteiger partial charge is 0.272 e. The highest BCUT2D eigenvalue weighted by atomic mass is 35.5. The summed E-state index contributed by atoms with van der Waals surface area (Å²) in [4.78, 5) is 6.94. The van der Waals surface area contributed by atoms with E-state index in [-0.39, 0.29) is 11.4 Å². The van der Waals surface area contributed by atoms with Crippen LogP contribution in [0, 0.1) is 0 Å². The SMILES string of the molecule is CCC(c1c(Cl)ccc2nc(S)[nH]c12)S(=O)(=O)O. The van der Waals surface area contributed by atoms with Crippen molar-refractivity contribution in [3.05, 3.63) is 22.7 Å². The van der Waals surface area contributed by atoms with E-state index in [9.17, 15) is 13.0 Å². The van der Waals surface area contributed by atoms with Crippen molar-refractivity contribution in [3.8, 4) is 0 Å². The molecule has 0 amide bonds. The van der Waals surface area contributed by atoms with Crippen LogP contribution in [0.25, 0.3) is 11.0 Å². The van der Waals surface area contributed by atoms with Gasteiger partial charge in [0.05, 0.1) is 11.0 Å². The van der Waals surface area contributed by atoms with Crippen LogP contribution in [-0.4, -0.2) is 22.9 Å². The Balaban J connectivity index is 2.79. The maximum Gasteiger partial charge on any atom is 0.272 e. The fourth-order valence-electron chi connectivity index (χ4n) is 1.94. The molecule has 0 saturated carbocycles. The molecule has 2 aromatic rings. The summed E-state index contributed by atoms with van der Waals surface area (Å²) in [6, 6.07) is 3.22. The summed E-state index contributed by atoms with van der Waals surface area (Å²) in [7, 11) is -4.23. The fraction of sp³-hybridized carbons (Fsp3) is 0.300. The van der Waals surface area contributed by atoms with Crippen LogP contribution in [0.5, 0.6) is 0 Å². The Morgan fingerprint density at radius 1 is 1.56 bits per heavy atom. The van der Waals surface area contributed by atoms with Gasteiger partial charge in [-0.15, -0.1) is 12.6 Å². The van der Waals surface area contributed by atoms with Gasteiger partial charge >= 0.3 is 0 Å². The van der Waals surface area contributed by atoms with Crippen LogP contribution in [0.15, 0.2) is 17.3 Å². The summed E-state index contributed by atoms with van der Waals surface area (Å²) in [6.07, 6.45) is 0.207. The highest BCUT2D eigenvalue weighted by Gasteiger charge is 2.28. The molecule has 0 radical (unpaired) electrons. The van der Waals surface area contributed by atoms with Crippen LogP contribution >= 0.6 is 24.2 Å². The molecule has 1 aromatic carbocycles. The zero-order valence-electron chi connectivity index (χ0n) is 9.38. The molecular weight excluding hydrogens is 296 g/mol. The number of rotatable bonds is 3. The van der Waals surface area contributed by atoms with Crippen molar-refractivity contribution < 1.29 is 13.0 Å². The number of benzene rings is 1. The zero-order chi connectivity index (χ0) is 13.5. The van der Waals surface area contributed by atoms with Crippen molar-refractivity contribution >= 4 is 45.4 Å². The monoisotopic (exact) mass is 306 g/mol. The normalized spacial score (nSPS) is 14.0. The number of H-pyrrole nitrogens is 1. The lowest BCUT2D eigenvalue weighted by molar-refractivity contribution is 0.467. The lowest BCUT2D eigenvalue weighted by Gasteiger charge is -2.14. The minimum atomic E-state index is -4.23. The Labute approximate surface area is 115 Å². The first-order valence-corrected chi connectivity index (χ1v) is 7.50. The Morgan fingerprint density at radius 3 is 2.78 bits per heavy atom. The van der Waals surface area contributed by atoms with E-state index in [4.69, 9.17) is 11.6 Å². The van der Waals surface area contributed by atoms with Crippen LogP contribution in [0.4, 0.5) is 0 Å². The van der Waals surface area contributed by atoms with E-state index in [1.165, 1.54) is 0 Å². The molecule has 5 nitrogen and oxygen atoms in total. The quantitative estimate of drug-likeness (QED) is 0.601. The van der Waals surface area contributed by atoms with Gasteiger partial charge < -0.3 is 4.98 Å². The van der Waals surface area contributed by atoms with Crippen LogP contribution in [0.1, 0.15) is 24.2 Å². The lowest BCUT2D eigenvalue weighted by atomic mass is 10.1. The minimum Gasteiger partial charge on any atom is -0.333 e. The molecule has 8 heteroatoms. The van der Waals surface area contributed by atoms with E-state index >= 15 is 0 Å². The molecule has 0 aliphatic rings. The topological polar surface area (TPSA) is 83.0 Å². The first-order chi connectivity index (χ1) is 8.34. The number of aromatic amines is 1.